The van der Waals surface area contributed by atoms with E-state index in [2.05, 4.69) is 49.1 Å². The monoisotopic (exact) mass is 702 g/mol. The fourth-order valence-corrected chi connectivity index (χ4v) is 6.14. The molecule has 0 radical (unpaired) electrons. The molecular weight excluding hydrogens is 659 g/mol. The van der Waals surface area contributed by atoms with Gasteiger partial charge >= 0.3 is 0 Å². The summed E-state index contributed by atoms with van der Waals surface area (Å²) < 4.78 is 49.5. The number of hydrogen-bond acceptors (Lipinski definition) is 9. The minimum atomic E-state index is -1.89. The first-order valence-electron chi connectivity index (χ1n) is 16.7. The smallest absolute Gasteiger partial charge is 0.191 e. The van der Waals surface area contributed by atoms with Crippen LogP contribution < -0.4 is 14.8 Å². The number of nitrogens with one attached hydrogen (secondary N) is 1. The molecule has 5 rings (SSSR count). The number of pyridine rings is 1. The first-order chi connectivity index (χ1) is 23.8. The van der Waals surface area contributed by atoms with Crippen LogP contribution in [-0.4, -0.2) is 58.7 Å². The average molecular weight is 703 g/mol. The number of rotatable bonds is 15. The molecule has 0 fully saturated rings. The molecule has 3 aromatic heterocycles. The molecule has 0 saturated carbocycles. The third kappa shape index (κ3) is 8.69. The zero-order valence-electron chi connectivity index (χ0n) is 29.6. The summed E-state index contributed by atoms with van der Waals surface area (Å²) in [5.74, 6) is -0.267. The van der Waals surface area contributed by atoms with E-state index in [1.807, 2.05) is 24.3 Å². The molecule has 5 aromatic rings. The Morgan fingerprint density at radius 2 is 1.74 bits per heavy atom. The number of ketones is 1. The second-order valence-electron chi connectivity index (χ2n) is 13.6. The predicted molar refractivity (Wildman–Crippen MR) is 193 cm³/mol. The quantitative estimate of drug-likeness (QED) is 0.0851. The van der Waals surface area contributed by atoms with E-state index in [0.29, 0.717) is 65.8 Å². The standard InChI is InChI=1S/C37H44F2N6O4Si/c1-8-47-27-20-30(38)29(31(39)21-27)23-45-32-13-10-9-12-28(32)34(44-45)36-41-22-33(48-16-11-17-49-50(6,7)37(3,4)5)35(43-36)42-25-14-15-40-26(19-25)18-24(2)46/h9-10,12-15,19-22H,8,11,16-18,23H2,1-7H3,(H,40,41,42,43). The lowest BCUT2D eigenvalue weighted by molar-refractivity contribution is -0.116. The molecule has 0 spiro atoms. The summed E-state index contributed by atoms with van der Waals surface area (Å²) in [6, 6.07) is 13.3. The van der Waals surface area contributed by atoms with Gasteiger partial charge in [-0.1, -0.05) is 39.0 Å². The lowest BCUT2D eigenvalue weighted by Crippen LogP contribution is -2.41. The van der Waals surface area contributed by atoms with Crippen molar-refractivity contribution in [3.8, 4) is 23.0 Å². The molecule has 0 aliphatic heterocycles. The zero-order valence-corrected chi connectivity index (χ0v) is 30.6. The van der Waals surface area contributed by atoms with Crippen molar-refractivity contribution in [2.45, 2.75) is 72.1 Å². The molecule has 1 N–H and O–H groups in total. The van der Waals surface area contributed by atoms with Crippen LogP contribution in [0, 0.1) is 11.6 Å². The second-order valence-corrected chi connectivity index (χ2v) is 18.4. The Morgan fingerprint density at radius 1 is 1.00 bits per heavy atom. The number of hydrogen-bond donors (Lipinski definition) is 1. The van der Waals surface area contributed by atoms with Crippen LogP contribution in [-0.2, 0) is 22.2 Å². The molecule has 0 saturated heterocycles. The van der Waals surface area contributed by atoms with Gasteiger partial charge in [0.1, 0.15) is 28.9 Å². The Morgan fingerprint density at radius 3 is 2.44 bits per heavy atom. The SMILES string of the molecule is CCOc1cc(F)c(Cn2nc(-c3ncc(OCCCO[Si](C)(C)C(C)(C)C)c(Nc4ccnc(CC(C)=O)c4)n3)c3ccccc32)c(F)c1. The highest BCUT2D eigenvalue weighted by Crippen LogP contribution is 2.37. The highest BCUT2D eigenvalue weighted by atomic mass is 28.4. The van der Waals surface area contributed by atoms with E-state index in [4.69, 9.17) is 24.0 Å². The molecule has 3 heterocycles. The van der Waals surface area contributed by atoms with Gasteiger partial charge in [0.05, 0.1) is 31.5 Å². The maximum absolute atomic E-state index is 15.1. The maximum atomic E-state index is 15.1. The van der Waals surface area contributed by atoms with Gasteiger partial charge in [0, 0.05) is 60.1 Å². The van der Waals surface area contributed by atoms with Crippen molar-refractivity contribution in [2.75, 3.05) is 25.1 Å². The van der Waals surface area contributed by atoms with Crippen molar-refractivity contribution in [1.82, 2.24) is 24.7 Å². The molecule has 0 bridgehead atoms. The van der Waals surface area contributed by atoms with Crippen molar-refractivity contribution in [2.24, 2.45) is 0 Å². The molecule has 0 amide bonds. The normalized spacial score (nSPS) is 11.9. The third-order valence-electron chi connectivity index (χ3n) is 8.68. The predicted octanol–water partition coefficient (Wildman–Crippen LogP) is 8.28. The molecule has 50 heavy (non-hydrogen) atoms. The molecule has 0 unspecified atom stereocenters. The van der Waals surface area contributed by atoms with Crippen LogP contribution in [0.2, 0.25) is 18.1 Å². The van der Waals surface area contributed by atoms with E-state index in [0.717, 1.165) is 0 Å². The summed E-state index contributed by atoms with van der Waals surface area (Å²) in [7, 11) is -1.89. The number of Topliss-reactive ketones (excluding diaryl/α,β-unsaturated/α-hetero) is 1. The van der Waals surface area contributed by atoms with Crippen LogP contribution in [0.1, 0.15) is 52.3 Å². The first-order valence-corrected chi connectivity index (χ1v) is 19.6. The first kappa shape index (κ1) is 36.5. The van der Waals surface area contributed by atoms with Crippen LogP contribution >= 0.6 is 0 Å². The molecule has 0 aliphatic rings. The largest absolute Gasteiger partial charge is 0.494 e. The van der Waals surface area contributed by atoms with Gasteiger partial charge in [0.25, 0.3) is 0 Å². The molecule has 0 aliphatic carbocycles. The second kappa shape index (κ2) is 15.4. The summed E-state index contributed by atoms with van der Waals surface area (Å²) in [5.41, 5.74) is 2.20. The van der Waals surface area contributed by atoms with Crippen LogP contribution in [0.3, 0.4) is 0 Å². The number of benzene rings is 2. The van der Waals surface area contributed by atoms with E-state index in [9.17, 15) is 4.79 Å². The van der Waals surface area contributed by atoms with Crippen LogP contribution in [0.25, 0.3) is 22.4 Å². The number of nitrogens with zero attached hydrogens (tertiary/aromatic N) is 5. The lowest BCUT2D eigenvalue weighted by Gasteiger charge is -2.36. The van der Waals surface area contributed by atoms with E-state index in [1.54, 1.807) is 31.5 Å². The van der Waals surface area contributed by atoms with Gasteiger partial charge in [-0.2, -0.15) is 5.10 Å². The summed E-state index contributed by atoms with van der Waals surface area (Å²) >= 11 is 0. The van der Waals surface area contributed by atoms with Crippen LogP contribution in [0.15, 0.2) is 60.9 Å². The number of carbonyl (C=O) groups is 1. The maximum Gasteiger partial charge on any atom is 0.191 e. The van der Waals surface area contributed by atoms with Crippen LogP contribution in [0.5, 0.6) is 11.5 Å². The van der Waals surface area contributed by atoms with Gasteiger partial charge in [-0.15, -0.1) is 0 Å². The molecule has 2 aromatic carbocycles. The number of ether oxygens (including phenoxy) is 2. The number of aromatic nitrogens is 5. The number of anilines is 2. The summed E-state index contributed by atoms with van der Waals surface area (Å²) in [6.45, 7) is 15.4. The van der Waals surface area contributed by atoms with Crippen molar-refractivity contribution in [1.29, 1.82) is 0 Å². The van der Waals surface area contributed by atoms with Gasteiger partial charge in [-0.05, 0) is 50.2 Å². The molecule has 264 valence electrons. The molecule has 10 nitrogen and oxygen atoms in total. The molecule has 0 atom stereocenters. The van der Waals surface area contributed by atoms with Crippen LogP contribution in [0.4, 0.5) is 20.3 Å². The minimum absolute atomic E-state index is 0.00428. The van der Waals surface area contributed by atoms with Gasteiger partial charge in [-0.3, -0.25) is 14.5 Å². The van der Waals surface area contributed by atoms with E-state index >= 15 is 8.78 Å². The summed E-state index contributed by atoms with van der Waals surface area (Å²) in [4.78, 5) is 25.5. The topological polar surface area (TPSA) is 113 Å². The Labute approximate surface area is 292 Å². The number of carbonyl (C=O) groups excluding carboxylic acids is 1. The van der Waals surface area contributed by atoms with Gasteiger partial charge in [-0.25, -0.2) is 18.7 Å². The van der Waals surface area contributed by atoms with Crippen molar-refractivity contribution >= 4 is 36.5 Å². The van der Waals surface area contributed by atoms with Gasteiger partial charge in [0.15, 0.2) is 25.7 Å². The highest BCUT2D eigenvalue weighted by molar-refractivity contribution is 6.74. The van der Waals surface area contributed by atoms with E-state index in [1.165, 1.54) is 23.7 Å². The fourth-order valence-electron chi connectivity index (χ4n) is 5.05. The molecule has 13 heteroatoms. The van der Waals surface area contributed by atoms with E-state index < -0.39 is 20.0 Å². The van der Waals surface area contributed by atoms with Gasteiger partial charge in [0.2, 0.25) is 0 Å². The third-order valence-corrected chi connectivity index (χ3v) is 13.2. The summed E-state index contributed by atoms with van der Waals surface area (Å²) in [5, 5.41) is 8.87. The zero-order chi connectivity index (χ0) is 36.1. The number of halogens is 2. The Balaban J connectivity index is 1.46. The minimum Gasteiger partial charge on any atom is -0.494 e. The van der Waals surface area contributed by atoms with E-state index in [-0.39, 0.29) is 40.9 Å². The average Bonchev–Trinajstić information content (AvgIpc) is 3.41. The molecular formula is C37H44F2N6O4Si. The van der Waals surface area contributed by atoms with Crippen molar-refractivity contribution in [3.05, 3.63) is 83.8 Å². The number of fused-ring (bicyclic) bond motifs is 1. The van der Waals surface area contributed by atoms with Crippen molar-refractivity contribution < 1.29 is 27.5 Å². The van der Waals surface area contributed by atoms with Gasteiger partial charge < -0.3 is 19.2 Å². The Kier molecular flexibility index (Phi) is 11.3. The van der Waals surface area contributed by atoms with Crippen molar-refractivity contribution in [3.63, 3.8) is 0 Å². The Hall–Kier alpha value is -4.75. The fraction of sp³-hybridized carbons (Fsp3) is 0.378. The summed E-state index contributed by atoms with van der Waals surface area (Å²) in [6.07, 6.45) is 4.06. The number of para-hydroxylation sites is 1. The highest BCUT2D eigenvalue weighted by Gasteiger charge is 2.36. The Bertz CT molecular complexity index is 1950. The lowest BCUT2D eigenvalue weighted by atomic mass is 10.1.